The second-order valence-corrected chi connectivity index (χ2v) is 9.92. The summed E-state index contributed by atoms with van der Waals surface area (Å²) in [4.78, 5) is 20.7. The lowest BCUT2D eigenvalue weighted by Crippen LogP contribution is -2.33. The van der Waals surface area contributed by atoms with Crippen LogP contribution in [0.2, 0.25) is 0 Å². The van der Waals surface area contributed by atoms with Crippen molar-refractivity contribution in [2.24, 2.45) is 0 Å². The van der Waals surface area contributed by atoms with Gasteiger partial charge in [0.1, 0.15) is 17.2 Å². The zero-order valence-corrected chi connectivity index (χ0v) is 21.8. The average Bonchev–Trinajstić information content (AvgIpc) is 2.88. The molecule has 2 aromatic carbocycles. The Hall–Kier alpha value is -4.40. The van der Waals surface area contributed by atoms with E-state index in [0.717, 1.165) is 40.6 Å². The van der Waals surface area contributed by atoms with Gasteiger partial charge in [-0.05, 0) is 74.2 Å². The van der Waals surface area contributed by atoms with Crippen LogP contribution < -0.4 is 10.6 Å². The quantitative estimate of drug-likeness (QED) is 0.255. The molecule has 0 atom stereocenters. The van der Waals surface area contributed by atoms with Crippen LogP contribution in [0.5, 0.6) is 0 Å². The highest BCUT2D eigenvalue weighted by Gasteiger charge is 2.30. The number of nitrogens with one attached hydrogen (secondary N) is 2. The van der Waals surface area contributed by atoms with Crippen LogP contribution in [-0.2, 0) is 17.3 Å². The number of aromatic nitrogens is 2. The third-order valence-electron chi connectivity index (χ3n) is 5.58. The van der Waals surface area contributed by atoms with E-state index >= 15 is 0 Å². The average molecular weight is 535 g/mol. The van der Waals surface area contributed by atoms with Gasteiger partial charge in [0.25, 0.3) is 0 Å². The first kappa shape index (κ1) is 27.6. The number of halogens is 3. The molecule has 4 aromatic rings. The highest BCUT2D eigenvalue weighted by atomic mass is 19.4. The zero-order valence-electron chi connectivity index (χ0n) is 21.8. The molecule has 6 nitrogen and oxygen atoms in total. The minimum absolute atomic E-state index is 0.0375. The van der Waals surface area contributed by atoms with E-state index in [1.165, 1.54) is 0 Å². The Bertz CT molecular complexity index is 1430. The van der Waals surface area contributed by atoms with Crippen molar-refractivity contribution in [2.75, 3.05) is 11.9 Å². The number of pyridine rings is 2. The Balaban J connectivity index is 1.61. The molecule has 0 radical (unpaired) electrons. The van der Waals surface area contributed by atoms with E-state index < -0.39 is 23.4 Å². The fourth-order valence-corrected chi connectivity index (χ4v) is 3.86. The summed E-state index contributed by atoms with van der Waals surface area (Å²) in [5.41, 5.74) is 2.83. The maximum absolute atomic E-state index is 13.2. The molecule has 0 saturated carbocycles. The second-order valence-electron chi connectivity index (χ2n) is 9.92. The van der Waals surface area contributed by atoms with E-state index in [0.29, 0.717) is 24.5 Å². The SMILES string of the molecule is CC(C)(C)OC(=O)NCCc1cccc(-c2cc(-c3ccccc3)cc(Nc3cc(C(F)(F)F)ccn3)n2)c1. The number of rotatable bonds is 7. The van der Waals surface area contributed by atoms with Crippen molar-refractivity contribution < 1.29 is 22.7 Å². The van der Waals surface area contributed by atoms with E-state index in [-0.39, 0.29) is 5.82 Å². The van der Waals surface area contributed by atoms with Gasteiger partial charge in [-0.3, -0.25) is 0 Å². The van der Waals surface area contributed by atoms with Gasteiger partial charge in [-0.25, -0.2) is 14.8 Å². The molecule has 39 heavy (non-hydrogen) atoms. The van der Waals surface area contributed by atoms with E-state index in [1.807, 2.05) is 60.7 Å². The normalized spacial score (nSPS) is 11.6. The van der Waals surface area contributed by atoms with E-state index in [9.17, 15) is 18.0 Å². The van der Waals surface area contributed by atoms with Crippen LogP contribution in [0.25, 0.3) is 22.4 Å². The number of alkyl carbamates (subject to hydrolysis) is 1. The second kappa shape index (κ2) is 11.6. The summed E-state index contributed by atoms with van der Waals surface area (Å²) in [5, 5.41) is 5.69. The van der Waals surface area contributed by atoms with Crippen LogP contribution >= 0.6 is 0 Å². The Morgan fingerprint density at radius 3 is 2.31 bits per heavy atom. The fourth-order valence-electron chi connectivity index (χ4n) is 3.86. The highest BCUT2D eigenvalue weighted by Crippen LogP contribution is 2.32. The molecule has 2 heterocycles. The number of ether oxygens (including phenoxy) is 1. The Morgan fingerprint density at radius 1 is 0.846 bits per heavy atom. The lowest BCUT2D eigenvalue weighted by atomic mass is 10.0. The van der Waals surface area contributed by atoms with Gasteiger partial charge in [0.2, 0.25) is 0 Å². The van der Waals surface area contributed by atoms with Gasteiger partial charge in [0.05, 0.1) is 11.3 Å². The number of nitrogens with zero attached hydrogens (tertiary/aromatic N) is 2. The van der Waals surface area contributed by atoms with Crippen molar-refractivity contribution in [3.63, 3.8) is 0 Å². The van der Waals surface area contributed by atoms with Gasteiger partial charge in [-0.2, -0.15) is 13.2 Å². The Labute approximate surface area is 225 Å². The van der Waals surface area contributed by atoms with Crippen molar-refractivity contribution in [1.29, 1.82) is 0 Å². The smallest absolute Gasteiger partial charge is 0.416 e. The lowest BCUT2D eigenvalue weighted by Gasteiger charge is -2.19. The first-order valence-electron chi connectivity index (χ1n) is 12.4. The minimum Gasteiger partial charge on any atom is -0.444 e. The molecule has 2 N–H and O–H groups in total. The van der Waals surface area contributed by atoms with Crippen LogP contribution in [0.15, 0.2) is 85.1 Å². The highest BCUT2D eigenvalue weighted by molar-refractivity contribution is 5.75. The van der Waals surface area contributed by atoms with Crippen LogP contribution in [0.1, 0.15) is 31.9 Å². The maximum Gasteiger partial charge on any atom is 0.416 e. The standard InChI is InChI=1S/C30H29F3N4O2/c1-29(2,3)39-28(38)35-14-12-20-8-7-11-22(16-20)25-17-23(21-9-5-4-6-10-21)18-27(36-25)37-26-19-24(13-15-34-26)30(31,32)33/h4-11,13,15-19H,12,14H2,1-3H3,(H,35,38)(H,34,36,37). The molecule has 0 aliphatic heterocycles. The summed E-state index contributed by atoms with van der Waals surface area (Å²) in [6, 6.07) is 22.9. The van der Waals surface area contributed by atoms with Gasteiger partial charge >= 0.3 is 12.3 Å². The summed E-state index contributed by atoms with van der Waals surface area (Å²) in [6.07, 6.45) is -3.27. The molecule has 0 bridgehead atoms. The number of anilines is 2. The molecular weight excluding hydrogens is 505 g/mol. The first-order valence-corrected chi connectivity index (χ1v) is 12.4. The molecule has 0 unspecified atom stereocenters. The third-order valence-corrected chi connectivity index (χ3v) is 5.58. The number of carbonyl (C=O) groups excluding carboxylic acids is 1. The lowest BCUT2D eigenvalue weighted by molar-refractivity contribution is -0.137. The van der Waals surface area contributed by atoms with Gasteiger partial charge in [0.15, 0.2) is 0 Å². The predicted octanol–water partition coefficient (Wildman–Crippen LogP) is 7.64. The number of hydrogen-bond donors (Lipinski definition) is 2. The molecule has 202 valence electrons. The monoisotopic (exact) mass is 534 g/mol. The van der Waals surface area contributed by atoms with Gasteiger partial charge in [-0.15, -0.1) is 0 Å². The molecular formula is C30H29F3N4O2. The van der Waals surface area contributed by atoms with Gasteiger partial charge in [-0.1, -0.05) is 48.5 Å². The molecule has 0 fully saturated rings. The van der Waals surface area contributed by atoms with Gasteiger partial charge < -0.3 is 15.4 Å². The third kappa shape index (κ3) is 8.04. The summed E-state index contributed by atoms with van der Waals surface area (Å²) >= 11 is 0. The van der Waals surface area contributed by atoms with E-state index in [2.05, 4.69) is 20.6 Å². The number of hydrogen-bond acceptors (Lipinski definition) is 5. The van der Waals surface area contributed by atoms with Gasteiger partial charge in [0, 0.05) is 18.3 Å². The molecule has 0 saturated heterocycles. The molecule has 9 heteroatoms. The zero-order chi connectivity index (χ0) is 28.0. The van der Waals surface area contributed by atoms with E-state index in [1.54, 1.807) is 26.8 Å². The largest absolute Gasteiger partial charge is 0.444 e. The van der Waals surface area contributed by atoms with Crippen LogP contribution in [-0.4, -0.2) is 28.2 Å². The molecule has 0 aliphatic carbocycles. The number of benzene rings is 2. The van der Waals surface area contributed by atoms with Crippen LogP contribution in [0.4, 0.5) is 29.6 Å². The van der Waals surface area contributed by atoms with Crippen LogP contribution in [0, 0.1) is 0 Å². The molecule has 2 aromatic heterocycles. The van der Waals surface area contributed by atoms with Crippen molar-refractivity contribution in [2.45, 2.75) is 39.0 Å². The number of amides is 1. The molecule has 0 aliphatic rings. The topological polar surface area (TPSA) is 76.1 Å². The minimum atomic E-state index is -4.48. The Kier molecular flexibility index (Phi) is 8.18. The Morgan fingerprint density at radius 2 is 1.59 bits per heavy atom. The molecule has 4 rings (SSSR count). The number of alkyl halides is 3. The molecule has 0 spiro atoms. The fraction of sp³-hybridized carbons (Fsp3) is 0.233. The summed E-state index contributed by atoms with van der Waals surface area (Å²) in [5.74, 6) is 0.394. The summed E-state index contributed by atoms with van der Waals surface area (Å²) < 4.78 is 44.9. The number of carbonyl (C=O) groups is 1. The van der Waals surface area contributed by atoms with E-state index in [4.69, 9.17) is 4.74 Å². The molecule has 1 amide bonds. The maximum atomic E-state index is 13.2. The van der Waals surface area contributed by atoms with Crippen molar-refractivity contribution in [1.82, 2.24) is 15.3 Å². The van der Waals surface area contributed by atoms with Crippen molar-refractivity contribution in [3.05, 3.63) is 96.2 Å². The van der Waals surface area contributed by atoms with Crippen molar-refractivity contribution >= 4 is 17.7 Å². The summed E-state index contributed by atoms with van der Waals surface area (Å²) in [7, 11) is 0. The summed E-state index contributed by atoms with van der Waals surface area (Å²) in [6.45, 7) is 5.81. The van der Waals surface area contributed by atoms with Crippen molar-refractivity contribution in [3.8, 4) is 22.4 Å². The predicted molar refractivity (Wildman–Crippen MR) is 146 cm³/mol. The first-order chi connectivity index (χ1) is 18.5. The van der Waals surface area contributed by atoms with Crippen LogP contribution in [0.3, 0.4) is 0 Å².